The summed E-state index contributed by atoms with van der Waals surface area (Å²) in [6, 6.07) is 16.0. The van der Waals surface area contributed by atoms with Gasteiger partial charge in [-0.15, -0.1) is 0 Å². The number of carbonyl (C=O) groups is 1. The second-order valence-corrected chi connectivity index (χ2v) is 8.51. The van der Waals surface area contributed by atoms with Crippen LogP contribution in [-0.4, -0.2) is 48.7 Å². The number of carbonyl (C=O) groups excluding carboxylic acids is 1. The summed E-state index contributed by atoms with van der Waals surface area (Å²) in [6.07, 6.45) is 7.13. The Morgan fingerprint density at radius 2 is 1.66 bits per heavy atom. The van der Waals surface area contributed by atoms with E-state index < -0.39 is 0 Å². The fourth-order valence-corrected chi connectivity index (χ4v) is 3.22. The van der Waals surface area contributed by atoms with Crippen LogP contribution in [0.4, 0.5) is 5.82 Å². The summed E-state index contributed by atoms with van der Waals surface area (Å²) < 4.78 is 12.0. The van der Waals surface area contributed by atoms with Gasteiger partial charge in [-0.3, -0.25) is 9.80 Å². The van der Waals surface area contributed by atoms with Crippen LogP contribution in [0.15, 0.2) is 71.6 Å². The number of nitrogens with one attached hydrogen (secondary N) is 1. The van der Waals surface area contributed by atoms with Gasteiger partial charge in [-0.1, -0.05) is 72.4 Å². The highest BCUT2D eigenvalue weighted by molar-refractivity contribution is 5.70. The van der Waals surface area contributed by atoms with Crippen LogP contribution < -0.4 is 14.8 Å². The first-order chi connectivity index (χ1) is 19.3. The van der Waals surface area contributed by atoms with Crippen LogP contribution >= 0.6 is 0 Å². The largest absolute Gasteiger partial charge is 0.493 e. The Labute approximate surface area is 249 Å². The molecule has 0 aliphatic carbocycles. The van der Waals surface area contributed by atoms with Crippen molar-refractivity contribution in [2.24, 2.45) is 5.10 Å². The minimum Gasteiger partial charge on any atom is -0.493 e. The molecule has 0 saturated heterocycles. The summed E-state index contributed by atoms with van der Waals surface area (Å²) in [4.78, 5) is 10.5. The Hall–Kier alpha value is -4.07. The summed E-state index contributed by atoms with van der Waals surface area (Å²) in [5.41, 5.74) is 4.78. The number of hydrazone groups is 1. The van der Waals surface area contributed by atoms with Gasteiger partial charge >= 0.3 is 0 Å². The lowest BCUT2D eigenvalue weighted by molar-refractivity contribution is -0.105. The standard InChI is InChI=1S/C12H13N3O3.C11H16.C7H14N2.C2H6.CH4/c1-17-10-4-3-9(7-11(10)18-2)15-12(13-8-16)5-6-14-15;1-4-10-5-7-11(8-6-10)9(2)3;1-5-7(3)9(4)8-6-2;1-2;/h3-8H,1-2H3,(H,13,16);5-9H,4H2,1-3H3;5-6H,1-4H3;1-2H3;1H4/b;;7-5+,8-6-;;. The third-order valence-electron chi connectivity index (χ3n) is 5.73. The number of hydrogen-bond acceptors (Lipinski definition) is 6. The van der Waals surface area contributed by atoms with Crippen LogP contribution in [0, 0.1) is 0 Å². The normalized spacial score (nSPS) is 10.1. The lowest BCUT2D eigenvalue weighted by atomic mass is 10.0. The Morgan fingerprint density at radius 1 is 1.05 bits per heavy atom. The maximum Gasteiger partial charge on any atom is 0.212 e. The van der Waals surface area contributed by atoms with E-state index >= 15 is 0 Å². The summed E-state index contributed by atoms with van der Waals surface area (Å²) in [7, 11) is 5.06. The molecular formula is C33H53N5O3. The van der Waals surface area contributed by atoms with Gasteiger partial charge in [-0.25, -0.2) is 4.68 Å². The first-order valence-electron chi connectivity index (χ1n) is 13.7. The van der Waals surface area contributed by atoms with Crippen LogP contribution in [0.3, 0.4) is 0 Å². The molecule has 0 radical (unpaired) electrons. The van der Waals surface area contributed by atoms with E-state index in [-0.39, 0.29) is 7.43 Å². The van der Waals surface area contributed by atoms with Crippen LogP contribution in [0.1, 0.15) is 79.9 Å². The molecule has 3 rings (SSSR count). The number of hydrogen-bond donors (Lipinski definition) is 1. The second-order valence-electron chi connectivity index (χ2n) is 8.51. The van der Waals surface area contributed by atoms with Crippen LogP contribution in [0.5, 0.6) is 11.5 Å². The van der Waals surface area contributed by atoms with Gasteiger partial charge < -0.3 is 14.8 Å². The van der Waals surface area contributed by atoms with Crippen LogP contribution in [0.2, 0.25) is 0 Å². The van der Waals surface area contributed by atoms with Gasteiger partial charge in [-0.05, 0) is 56.4 Å². The van der Waals surface area contributed by atoms with Gasteiger partial charge in [0, 0.05) is 31.1 Å². The molecule has 0 unspecified atom stereocenters. The number of nitrogens with zero attached hydrogens (tertiary/aromatic N) is 4. The zero-order valence-electron chi connectivity index (χ0n) is 26.2. The highest BCUT2D eigenvalue weighted by Gasteiger charge is 2.09. The lowest BCUT2D eigenvalue weighted by Crippen LogP contribution is -2.06. The highest BCUT2D eigenvalue weighted by atomic mass is 16.5. The number of allylic oxidation sites excluding steroid dienone is 2. The Morgan fingerprint density at radius 3 is 2.12 bits per heavy atom. The Kier molecular flexibility index (Phi) is 21.6. The molecule has 0 aliphatic rings. The number of aromatic nitrogens is 2. The molecule has 3 aromatic rings. The van der Waals surface area contributed by atoms with Crippen LogP contribution in [0.25, 0.3) is 5.69 Å². The van der Waals surface area contributed by atoms with E-state index in [1.165, 1.54) is 11.1 Å². The second kappa shape index (κ2) is 22.7. The average Bonchev–Trinajstić information content (AvgIpc) is 3.46. The number of ether oxygens (including phenoxy) is 2. The van der Waals surface area contributed by atoms with Gasteiger partial charge in [0.1, 0.15) is 5.82 Å². The third-order valence-corrected chi connectivity index (χ3v) is 5.73. The molecule has 0 fully saturated rings. The SMILES string of the molecule is C.C/C=N\N(C)/C(C)=C/C.CC.CCc1ccc(C(C)C)cc1.COc1ccc(-n2nccc2NC=O)cc1OC. The molecule has 2 aromatic carbocycles. The van der Waals surface area contributed by atoms with Gasteiger partial charge in [0.25, 0.3) is 0 Å². The van der Waals surface area contributed by atoms with E-state index in [4.69, 9.17) is 9.47 Å². The van der Waals surface area contributed by atoms with Gasteiger partial charge in [-0.2, -0.15) is 10.2 Å². The topological polar surface area (TPSA) is 81.0 Å². The molecule has 0 bridgehead atoms. The maximum absolute atomic E-state index is 10.5. The van der Waals surface area contributed by atoms with Crippen molar-refractivity contribution in [2.45, 2.75) is 75.2 Å². The third kappa shape index (κ3) is 13.7. The molecule has 1 amide bonds. The first-order valence-corrected chi connectivity index (χ1v) is 13.7. The molecule has 1 heterocycles. The van der Waals surface area contributed by atoms with E-state index in [0.717, 1.165) is 17.8 Å². The Balaban J connectivity index is 0. The quantitative estimate of drug-likeness (QED) is 0.160. The maximum atomic E-state index is 10.5. The predicted molar refractivity (Wildman–Crippen MR) is 176 cm³/mol. The van der Waals surface area contributed by atoms with Gasteiger partial charge in [0.15, 0.2) is 11.5 Å². The molecule has 0 aliphatic heterocycles. The molecular weight excluding hydrogens is 514 g/mol. The number of aryl methyl sites for hydroxylation is 1. The van der Waals surface area contributed by atoms with E-state index in [0.29, 0.717) is 29.6 Å². The fourth-order valence-electron chi connectivity index (χ4n) is 3.22. The molecule has 8 nitrogen and oxygen atoms in total. The molecule has 0 atom stereocenters. The molecule has 1 aromatic heterocycles. The van der Waals surface area contributed by atoms with Crippen molar-refractivity contribution in [1.29, 1.82) is 0 Å². The number of anilines is 1. The van der Waals surface area contributed by atoms with E-state index in [1.54, 1.807) is 49.5 Å². The highest BCUT2D eigenvalue weighted by Crippen LogP contribution is 2.29. The smallest absolute Gasteiger partial charge is 0.212 e. The minimum absolute atomic E-state index is 0. The summed E-state index contributed by atoms with van der Waals surface area (Å²) in [6.45, 7) is 16.6. The lowest BCUT2D eigenvalue weighted by Gasteiger charge is -2.11. The first kappa shape index (κ1) is 39.1. The van der Waals surface area contributed by atoms with Crippen molar-refractivity contribution < 1.29 is 14.3 Å². The molecule has 8 heteroatoms. The monoisotopic (exact) mass is 567 g/mol. The van der Waals surface area contributed by atoms with Crippen molar-refractivity contribution in [3.8, 4) is 17.2 Å². The molecule has 1 N–H and O–H groups in total. The Bertz CT molecular complexity index is 1150. The number of rotatable bonds is 9. The van der Waals surface area contributed by atoms with Crippen molar-refractivity contribution in [3.63, 3.8) is 0 Å². The van der Waals surface area contributed by atoms with Crippen LogP contribution in [-0.2, 0) is 11.2 Å². The summed E-state index contributed by atoms with van der Waals surface area (Å²) >= 11 is 0. The van der Waals surface area contributed by atoms with Gasteiger partial charge in [0.2, 0.25) is 6.41 Å². The van der Waals surface area contributed by atoms with E-state index in [1.807, 2.05) is 58.8 Å². The zero-order chi connectivity index (χ0) is 30.5. The molecule has 41 heavy (non-hydrogen) atoms. The van der Waals surface area contributed by atoms with Crippen molar-refractivity contribution in [2.75, 3.05) is 26.6 Å². The van der Waals surface area contributed by atoms with Crippen molar-refractivity contribution in [3.05, 3.63) is 77.6 Å². The van der Waals surface area contributed by atoms with Gasteiger partial charge in [0.05, 0.1) is 26.1 Å². The zero-order valence-corrected chi connectivity index (χ0v) is 26.2. The van der Waals surface area contributed by atoms with E-state index in [9.17, 15) is 4.79 Å². The predicted octanol–water partition coefficient (Wildman–Crippen LogP) is 8.34. The minimum atomic E-state index is 0. The summed E-state index contributed by atoms with van der Waals surface area (Å²) in [5, 5.41) is 12.6. The molecule has 0 saturated carbocycles. The van der Waals surface area contributed by atoms with Crippen molar-refractivity contribution >= 4 is 18.4 Å². The number of amides is 1. The average molecular weight is 568 g/mol. The van der Waals surface area contributed by atoms with Crippen molar-refractivity contribution in [1.82, 2.24) is 14.8 Å². The van der Waals surface area contributed by atoms with E-state index in [2.05, 4.69) is 60.6 Å². The fraction of sp³-hybridized carbons (Fsp3) is 0.424. The number of methoxy groups -OCH3 is 2. The molecule has 0 spiro atoms. The molecule has 228 valence electrons. The number of benzene rings is 2. The summed E-state index contributed by atoms with van der Waals surface area (Å²) in [5.74, 6) is 2.47.